The molecule has 0 aliphatic heterocycles. The van der Waals surface area contributed by atoms with E-state index in [9.17, 15) is 17.9 Å². The molecule has 2 N–H and O–H groups in total. The van der Waals surface area contributed by atoms with E-state index < -0.39 is 28.0 Å². The van der Waals surface area contributed by atoms with E-state index in [0.29, 0.717) is 12.0 Å². The monoisotopic (exact) mass is 401 g/mol. The van der Waals surface area contributed by atoms with Crippen molar-refractivity contribution in [3.63, 3.8) is 0 Å². The van der Waals surface area contributed by atoms with Gasteiger partial charge in [-0.2, -0.15) is 0 Å². The van der Waals surface area contributed by atoms with Crippen LogP contribution in [-0.4, -0.2) is 19.6 Å². The lowest BCUT2D eigenvalue weighted by Gasteiger charge is -2.29. The molecular weight excluding hydrogens is 377 g/mol. The average molecular weight is 402 g/mol. The molecule has 0 amide bonds. The smallest absolute Gasteiger partial charge is 0.240 e. The van der Waals surface area contributed by atoms with E-state index in [1.54, 1.807) is 0 Å². The molecule has 0 aromatic heterocycles. The number of aliphatic hydroxyl groups is 1. The second-order valence-corrected chi connectivity index (χ2v) is 8.71. The summed E-state index contributed by atoms with van der Waals surface area (Å²) >= 11 is 0. The van der Waals surface area contributed by atoms with Crippen molar-refractivity contribution >= 4 is 20.8 Å². The van der Waals surface area contributed by atoms with Crippen LogP contribution in [0.5, 0.6) is 0 Å². The summed E-state index contributed by atoms with van der Waals surface area (Å²) in [6, 6.07) is 17.2. The third kappa shape index (κ3) is 4.24. The maximum Gasteiger partial charge on any atom is 0.240 e. The number of sulfonamides is 1. The SMILES string of the molecule is CCC(C)C(NS(=O)(=O)c1ccc(F)cc1)C(O)c1cccc2ccccc12. The van der Waals surface area contributed by atoms with Gasteiger partial charge in [-0.15, -0.1) is 0 Å². The highest BCUT2D eigenvalue weighted by molar-refractivity contribution is 7.89. The first-order valence-corrected chi connectivity index (χ1v) is 10.8. The van der Waals surface area contributed by atoms with Crippen molar-refractivity contribution in [1.29, 1.82) is 0 Å². The molecule has 3 atom stereocenters. The van der Waals surface area contributed by atoms with E-state index in [4.69, 9.17) is 0 Å². The van der Waals surface area contributed by atoms with Crippen LogP contribution in [0.3, 0.4) is 0 Å². The van der Waals surface area contributed by atoms with Gasteiger partial charge in [-0.05, 0) is 46.5 Å². The van der Waals surface area contributed by atoms with Gasteiger partial charge >= 0.3 is 0 Å². The Balaban J connectivity index is 1.99. The normalized spacial score (nSPS) is 15.3. The van der Waals surface area contributed by atoms with Crippen molar-refractivity contribution in [2.24, 2.45) is 5.92 Å². The molecule has 3 rings (SSSR count). The van der Waals surface area contributed by atoms with Crippen molar-refractivity contribution in [1.82, 2.24) is 4.72 Å². The highest BCUT2D eigenvalue weighted by atomic mass is 32.2. The van der Waals surface area contributed by atoms with Gasteiger partial charge in [0.25, 0.3) is 0 Å². The van der Waals surface area contributed by atoms with Gasteiger partial charge < -0.3 is 5.11 Å². The summed E-state index contributed by atoms with van der Waals surface area (Å²) in [5, 5.41) is 13.0. The van der Waals surface area contributed by atoms with E-state index >= 15 is 0 Å². The zero-order valence-electron chi connectivity index (χ0n) is 15.8. The van der Waals surface area contributed by atoms with Gasteiger partial charge in [0, 0.05) is 0 Å². The predicted octanol–water partition coefficient (Wildman–Crippen LogP) is 4.41. The summed E-state index contributed by atoms with van der Waals surface area (Å²) < 4.78 is 41.5. The first-order chi connectivity index (χ1) is 13.3. The fourth-order valence-corrected chi connectivity index (χ4v) is 4.66. The van der Waals surface area contributed by atoms with Gasteiger partial charge in [0.05, 0.1) is 17.0 Å². The minimum absolute atomic E-state index is 0.0349. The van der Waals surface area contributed by atoms with Gasteiger partial charge in [0.1, 0.15) is 5.82 Å². The van der Waals surface area contributed by atoms with Gasteiger partial charge in [0.2, 0.25) is 10.0 Å². The molecule has 0 spiro atoms. The number of nitrogens with one attached hydrogen (secondary N) is 1. The Bertz CT molecular complexity index is 1050. The number of hydrogen-bond acceptors (Lipinski definition) is 3. The summed E-state index contributed by atoms with van der Waals surface area (Å²) in [6.07, 6.45) is -0.352. The lowest BCUT2D eigenvalue weighted by Crippen LogP contribution is -2.43. The molecular formula is C22H24FNO3S. The van der Waals surface area contributed by atoms with E-state index in [0.717, 1.165) is 22.9 Å². The van der Waals surface area contributed by atoms with Crippen molar-refractivity contribution in [2.75, 3.05) is 0 Å². The Kier molecular flexibility index (Phi) is 6.13. The summed E-state index contributed by atoms with van der Waals surface area (Å²) in [5.74, 6) is -0.627. The lowest BCUT2D eigenvalue weighted by atomic mass is 9.89. The summed E-state index contributed by atoms with van der Waals surface area (Å²) in [5.41, 5.74) is 0.671. The average Bonchev–Trinajstić information content (AvgIpc) is 2.71. The molecule has 0 aliphatic rings. The largest absolute Gasteiger partial charge is 0.387 e. The molecule has 6 heteroatoms. The highest BCUT2D eigenvalue weighted by Gasteiger charge is 2.31. The predicted molar refractivity (Wildman–Crippen MR) is 109 cm³/mol. The van der Waals surface area contributed by atoms with Crippen LogP contribution in [0.2, 0.25) is 0 Å². The van der Waals surface area contributed by atoms with Crippen molar-refractivity contribution < 1.29 is 17.9 Å². The Morgan fingerprint density at radius 2 is 1.64 bits per heavy atom. The molecule has 148 valence electrons. The minimum Gasteiger partial charge on any atom is -0.387 e. The number of fused-ring (bicyclic) bond motifs is 1. The fraction of sp³-hybridized carbons (Fsp3) is 0.273. The molecule has 0 saturated heterocycles. The first-order valence-electron chi connectivity index (χ1n) is 9.27. The number of benzene rings is 3. The maximum absolute atomic E-state index is 13.2. The molecule has 3 aromatic rings. The molecule has 0 fully saturated rings. The van der Waals surface area contributed by atoms with Crippen LogP contribution in [0.1, 0.15) is 31.9 Å². The number of halogens is 1. The molecule has 28 heavy (non-hydrogen) atoms. The molecule has 3 aromatic carbocycles. The third-order valence-electron chi connectivity index (χ3n) is 5.15. The quantitative estimate of drug-likeness (QED) is 0.616. The molecule has 0 aliphatic carbocycles. The third-order valence-corrected chi connectivity index (χ3v) is 6.63. The van der Waals surface area contributed by atoms with Crippen molar-refractivity contribution in [3.8, 4) is 0 Å². The second-order valence-electron chi connectivity index (χ2n) is 7.00. The number of hydrogen-bond donors (Lipinski definition) is 2. The summed E-state index contributed by atoms with van der Waals surface area (Å²) in [4.78, 5) is -0.0349. The van der Waals surface area contributed by atoms with Crippen LogP contribution in [-0.2, 0) is 10.0 Å². The number of aliphatic hydroxyl groups excluding tert-OH is 1. The second kappa shape index (κ2) is 8.39. The van der Waals surface area contributed by atoms with Crippen LogP contribution < -0.4 is 4.72 Å². The number of rotatable bonds is 7. The van der Waals surface area contributed by atoms with Crippen molar-refractivity contribution in [2.45, 2.75) is 37.3 Å². The first kappa shape index (κ1) is 20.5. The van der Waals surface area contributed by atoms with Gasteiger partial charge in [-0.1, -0.05) is 62.7 Å². The fourth-order valence-electron chi connectivity index (χ4n) is 3.31. The van der Waals surface area contributed by atoms with Crippen LogP contribution in [0.4, 0.5) is 4.39 Å². The van der Waals surface area contributed by atoms with Crippen LogP contribution in [0.25, 0.3) is 10.8 Å². The molecule has 0 heterocycles. The Morgan fingerprint density at radius 3 is 2.32 bits per heavy atom. The lowest BCUT2D eigenvalue weighted by molar-refractivity contribution is 0.113. The van der Waals surface area contributed by atoms with E-state index in [-0.39, 0.29) is 10.8 Å². The summed E-state index contributed by atoms with van der Waals surface area (Å²) in [6.45, 7) is 3.84. The van der Waals surface area contributed by atoms with E-state index in [2.05, 4.69) is 4.72 Å². The van der Waals surface area contributed by atoms with E-state index in [1.807, 2.05) is 56.3 Å². The molecule has 3 unspecified atom stereocenters. The maximum atomic E-state index is 13.2. The van der Waals surface area contributed by atoms with Crippen LogP contribution >= 0.6 is 0 Å². The Hall–Kier alpha value is -2.28. The Labute approximate surface area is 165 Å². The van der Waals surface area contributed by atoms with Gasteiger partial charge in [-0.25, -0.2) is 17.5 Å². The van der Waals surface area contributed by atoms with Crippen molar-refractivity contribution in [3.05, 3.63) is 78.1 Å². The zero-order valence-corrected chi connectivity index (χ0v) is 16.7. The highest BCUT2D eigenvalue weighted by Crippen LogP contribution is 2.30. The summed E-state index contributed by atoms with van der Waals surface area (Å²) in [7, 11) is -3.91. The topological polar surface area (TPSA) is 66.4 Å². The molecule has 0 bridgehead atoms. The van der Waals surface area contributed by atoms with Gasteiger partial charge in [0.15, 0.2) is 0 Å². The van der Waals surface area contributed by atoms with Gasteiger partial charge in [-0.3, -0.25) is 0 Å². The van der Waals surface area contributed by atoms with Crippen LogP contribution in [0.15, 0.2) is 71.6 Å². The minimum atomic E-state index is -3.91. The standard InChI is InChI=1S/C22H24FNO3S/c1-3-15(2)21(24-28(26,27)18-13-11-17(23)12-14-18)22(25)20-10-6-8-16-7-4-5-9-19(16)20/h4-15,21-22,24-25H,3H2,1-2H3. The molecule has 4 nitrogen and oxygen atoms in total. The van der Waals surface area contributed by atoms with Crippen LogP contribution in [0, 0.1) is 11.7 Å². The molecule has 0 radical (unpaired) electrons. The Morgan fingerprint density at radius 1 is 1.00 bits per heavy atom. The van der Waals surface area contributed by atoms with E-state index in [1.165, 1.54) is 12.1 Å². The zero-order chi connectivity index (χ0) is 20.3. The molecule has 0 saturated carbocycles.